The largest absolute Gasteiger partial charge is 0.342 e. The molecule has 4 nitrogen and oxygen atoms in total. The van der Waals surface area contributed by atoms with E-state index in [1.807, 2.05) is 24.3 Å². The summed E-state index contributed by atoms with van der Waals surface area (Å²) in [5.74, 6) is 1.03. The lowest BCUT2D eigenvalue weighted by Crippen LogP contribution is -2.54. The number of nitrogens with one attached hydrogen (secondary N) is 2. The Bertz CT molecular complexity index is 585. The Kier molecular flexibility index (Phi) is 4.54. The summed E-state index contributed by atoms with van der Waals surface area (Å²) >= 11 is 6.02. The Labute approximate surface area is 148 Å². The van der Waals surface area contributed by atoms with Crippen LogP contribution in [0.4, 0.5) is 0 Å². The highest BCUT2D eigenvalue weighted by molar-refractivity contribution is 6.30. The third-order valence-corrected chi connectivity index (χ3v) is 6.53. The minimum Gasteiger partial charge on any atom is -0.342 e. The highest BCUT2D eigenvalue weighted by Crippen LogP contribution is 2.46. The molecule has 1 atom stereocenters. The maximum absolute atomic E-state index is 13.3. The number of halogens is 1. The van der Waals surface area contributed by atoms with Gasteiger partial charge in [0.25, 0.3) is 0 Å². The molecule has 2 aliphatic heterocycles. The fraction of sp³-hybridized carbons (Fsp3) is 0.632. The van der Waals surface area contributed by atoms with Gasteiger partial charge in [0.2, 0.25) is 5.91 Å². The molecule has 130 valence electrons. The molecule has 2 heterocycles. The van der Waals surface area contributed by atoms with Crippen LogP contribution < -0.4 is 10.9 Å². The van der Waals surface area contributed by atoms with Crippen molar-refractivity contribution in [1.29, 1.82) is 0 Å². The van der Waals surface area contributed by atoms with Crippen molar-refractivity contribution in [2.75, 3.05) is 19.6 Å². The zero-order valence-corrected chi connectivity index (χ0v) is 14.8. The van der Waals surface area contributed by atoms with E-state index in [2.05, 4.69) is 15.8 Å². The number of carbonyl (C=O) groups is 1. The van der Waals surface area contributed by atoms with Crippen LogP contribution >= 0.6 is 11.6 Å². The average molecular weight is 348 g/mol. The van der Waals surface area contributed by atoms with Crippen LogP contribution in [0.2, 0.25) is 5.02 Å². The first-order chi connectivity index (χ1) is 11.7. The van der Waals surface area contributed by atoms with Gasteiger partial charge in [-0.3, -0.25) is 15.6 Å². The summed E-state index contributed by atoms with van der Waals surface area (Å²) in [7, 11) is 0. The zero-order chi connectivity index (χ0) is 16.6. The summed E-state index contributed by atoms with van der Waals surface area (Å²) in [5, 5.41) is 0.735. The number of nitrogens with zero attached hydrogens (tertiary/aromatic N) is 1. The third kappa shape index (κ3) is 2.85. The fourth-order valence-electron chi connectivity index (χ4n) is 4.59. The maximum atomic E-state index is 13.3. The summed E-state index contributed by atoms with van der Waals surface area (Å²) in [6.07, 6.45) is 6.52. The van der Waals surface area contributed by atoms with Crippen molar-refractivity contribution in [1.82, 2.24) is 15.8 Å². The van der Waals surface area contributed by atoms with Gasteiger partial charge in [0, 0.05) is 30.7 Å². The normalized spacial score (nSPS) is 27.0. The van der Waals surface area contributed by atoms with Crippen molar-refractivity contribution in [2.45, 2.75) is 50.0 Å². The number of amides is 1. The molecule has 5 heteroatoms. The van der Waals surface area contributed by atoms with Crippen LogP contribution in [0.3, 0.4) is 0 Å². The van der Waals surface area contributed by atoms with Gasteiger partial charge in [-0.15, -0.1) is 0 Å². The van der Waals surface area contributed by atoms with Gasteiger partial charge in [0.15, 0.2) is 0 Å². The van der Waals surface area contributed by atoms with E-state index in [1.165, 1.54) is 6.42 Å². The molecule has 1 amide bonds. The lowest BCUT2D eigenvalue weighted by Gasteiger charge is -2.46. The molecule has 3 aliphatic rings. The predicted octanol–water partition coefficient (Wildman–Crippen LogP) is 2.87. The van der Waals surface area contributed by atoms with E-state index >= 15 is 0 Å². The first kappa shape index (κ1) is 16.4. The molecule has 0 bridgehead atoms. The standard InChI is InChI=1S/C19H26ClN3O/c20-16-4-2-15(3-5-16)19(9-1-10-19)18(24)23-12-7-14(8-13-23)17-6-11-21-22-17/h2-5,14,17,21-22H,1,6-13H2. The van der Waals surface area contributed by atoms with E-state index in [4.69, 9.17) is 11.6 Å². The molecule has 0 radical (unpaired) electrons. The number of piperidine rings is 1. The summed E-state index contributed by atoms with van der Waals surface area (Å²) in [5.41, 5.74) is 7.48. The van der Waals surface area contributed by atoms with Gasteiger partial charge < -0.3 is 4.90 Å². The Morgan fingerprint density at radius 1 is 1.12 bits per heavy atom. The summed E-state index contributed by atoms with van der Waals surface area (Å²) < 4.78 is 0. The second kappa shape index (κ2) is 6.66. The molecule has 2 saturated heterocycles. The molecule has 1 saturated carbocycles. The molecule has 1 aliphatic carbocycles. The molecular formula is C19H26ClN3O. The SMILES string of the molecule is O=C(N1CCC(C2CCNN2)CC1)C1(c2ccc(Cl)cc2)CCC1. The smallest absolute Gasteiger partial charge is 0.233 e. The van der Waals surface area contributed by atoms with Gasteiger partial charge in [-0.25, -0.2) is 0 Å². The van der Waals surface area contributed by atoms with E-state index in [9.17, 15) is 4.79 Å². The van der Waals surface area contributed by atoms with Crippen LogP contribution in [0.5, 0.6) is 0 Å². The van der Waals surface area contributed by atoms with Gasteiger partial charge in [-0.05, 0) is 55.7 Å². The molecule has 4 rings (SSSR count). The first-order valence-electron chi connectivity index (χ1n) is 9.23. The Hall–Kier alpha value is -1.10. The predicted molar refractivity (Wildman–Crippen MR) is 95.8 cm³/mol. The van der Waals surface area contributed by atoms with Crippen molar-refractivity contribution < 1.29 is 4.79 Å². The summed E-state index contributed by atoms with van der Waals surface area (Å²) in [6, 6.07) is 8.49. The van der Waals surface area contributed by atoms with E-state index in [0.29, 0.717) is 17.9 Å². The second-order valence-electron chi connectivity index (χ2n) is 7.54. The maximum Gasteiger partial charge on any atom is 0.233 e. The van der Waals surface area contributed by atoms with Gasteiger partial charge >= 0.3 is 0 Å². The number of benzene rings is 1. The van der Waals surface area contributed by atoms with Gasteiger partial charge in [-0.2, -0.15) is 0 Å². The van der Waals surface area contributed by atoms with Crippen LogP contribution in [0.15, 0.2) is 24.3 Å². The monoisotopic (exact) mass is 347 g/mol. The minimum absolute atomic E-state index is 0.287. The highest BCUT2D eigenvalue weighted by atomic mass is 35.5. The van der Waals surface area contributed by atoms with Crippen LogP contribution in [0.1, 0.15) is 44.1 Å². The van der Waals surface area contributed by atoms with E-state index < -0.39 is 0 Å². The van der Waals surface area contributed by atoms with Gasteiger partial charge in [0.05, 0.1) is 5.41 Å². The Morgan fingerprint density at radius 2 is 1.83 bits per heavy atom. The zero-order valence-electron chi connectivity index (χ0n) is 14.1. The molecular weight excluding hydrogens is 322 g/mol. The van der Waals surface area contributed by atoms with Gasteiger partial charge in [-0.1, -0.05) is 30.2 Å². The molecule has 2 N–H and O–H groups in total. The lowest BCUT2D eigenvalue weighted by molar-refractivity contribution is -0.142. The lowest BCUT2D eigenvalue weighted by atomic mass is 9.63. The Morgan fingerprint density at radius 3 is 2.38 bits per heavy atom. The molecule has 3 fully saturated rings. The number of hydrogen-bond acceptors (Lipinski definition) is 3. The van der Waals surface area contributed by atoms with Crippen molar-refractivity contribution >= 4 is 17.5 Å². The number of likely N-dealkylation sites (tertiary alicyclic amines) is 1. The summed E-state index contributed by atoms with van der Waals surface area (Å²) in [6.45, 7) is 2.86. The first-order valence-corrected chi connectivity index (χ1v) is 9.61. The minimum atomic E-state index is -0.287. The molecule has 0 aromatic heterocycles. The molecule has 24 heavy (non-hydrogen) atoms. The molecule has 1 aromatic rings. The van der Waals surface area contributed by atoms with Crippen molar-refractivity contribution in [3.8, 4) is 0 Å². The number of rotatable bonds is 3. The molecule has 0 spiro atoms. The highest BCUT2D eigenvalue weighted by Gasteiger charge is 2.48. The fourth-order valence-corrected chi connectivity index (χ4v) is 4.72. The number of carbonyl (C=O) groups excluding carboxylic acids is 1. The van der Waals surface area contributed by atoms with E-state index in [1.54, 1.807) is 0 Å². The van der Waals surface area contributed by atoms with Crippen molar-refractivity contribution in [3.63, 3.8) is 0 Å². The van der Waals surface area contributed by atoms with Crippen molar-refractivity contribution in [2.24, 2.45) is 5.92 Å². The van der Waals surface area contributed by atoms with Crippen LogP contribution in [-0.2, 0) is 10.2 Å². The quantitative estimate of drug-likeness (QED) is 0.883. The van der Waals surface area contributed by atoms with Crippen LogP contribution in [0.25, 0.3) is 0 Å². The van der Waals surface area contributed by atoms with Gasteiger partial charge in [0.1, 0.15) is 0 Å². The summed E-state index contributed by atoms with van der Waals surface area (Å²) in [4.78, 5) is 15.4. The topological polar surface area (TPSA) is 44.4 Å². The molecule has 1 unspecified atom stereocenters. The van der Waals surface area contributed by atoms with E-state index in [0.717, 1.165) is 62.3 Å². The molecule has 1 aromatic carbocycles. The van der Waals surface area contributed by atoms with Crippen LogP contribution in [-0.4, -0.2) is 36.5 Å². The Balaban J connectivity index is 1.44. The number of hydrogen-bond donors (Lipinski definition) is 2. The third-order valence-electron chi connectivity index (χ3n) is 6.28. The number of hydrazine groups is 1. The average Bonchev–Trinajstić information content (AvgIpc) is 3.10. The van der Waals surface area contributed by atoms with Crippen LogP contribution in [0, 0.1) is 5.92 Å². The van der Waals surface area contributed by atoms with E-state index in [-0.39, 0.29) is 5.41 Å². The van der Waals surface area contributed by atoms with Crippen molar-refractivity contribution in [3.05, 3.63) is 34.9 Å². The second-order valence-corrected chi connectivity index (χ2v) is 7.97.